The summed E-state index contributed by atoms with van der Waals surface area (Å²) in [5, 5.41) is 3.35. The van der Waals surface area contributed by atoms with Crippen molar-refractivity contribution in [3.63, 3.8) is 0 Å². The van der Waals surface area contributed by atoms with Gasteiger partial charge in [-0.25, -0.2) is 0 Å². The van der Waals surface area contributed by atoms with Crippen LogP contribution >= 0.6 is 11.3 Å². The normalized spacial score (nSPS) is 12.1. The smallest absolute Gasteiger partial charge is 0.0728 e. The number of hydrogen-bond acceptors (Lipinski definition) is 4. The molecule has 1 N–H and O–H groups in total. The Morgan fingerprint density at radius 1 is 1.26 bits per heavy atom. The van der Waals surface area contributed by atoms with E-state index >= 15 is 0 Å². The van der Waals surface area contributed by atoms with E-state index in [1.54, 1.807) is 0 Å². The molecule has 0 bridgehead atoms. The van der Waals surface area contributed by atoms with E-state index in [0.29, 0.717) is 19.8 Å². The first kappa shape index (κ1) is 16.6. The van der Waals surface area contributed by atoms with Gasteiger partial charge in [0.05, 0.1) is 25.4 Å². The van der Waals surface area contributed by atoms with Gasteiger partial charge in [0.25, 0.3) is 0 Å². The Bertz CT molecular complexity index is 369. The van der Waals surface area contributed by atoms with Gasteiger partial charge < -0.3 is 14.8 Å². The van der Waals surface area contributed by atoms with Crippen LogP contribution in [0.4, 0.5) is 0 Å². The van der Waals surface area contributed by atoms with E-state index in [0.717, 1.165) is 13.1 Å². The molecule has 0 aliphatic heterocycles. The summed E-state index contributed by atoms with van der Waals surface area (Å²) in [6.07, 6.45) is 0. The second-order valence-electron chi connectivity index (χ2n) is 5.59. The van der Waals surface area contributed by atoms with E-state index in [1.165, 1.54) is 15.3 Å². The Hall–Kier alpha value is -0.420. The van der Waals surface area contributed by atoms with Crippen LogP contribution in [-0.4, -0.2) is 25.4 Å². The molecule has 1 rings (SSSR count). The molecule has 3 nitrogen and oxygen atoms in total. The fraction of sp³-hybridized carbons (Fsp3) is 0.733. The van der Waals surface area contributed by atoms with Crippen molar-refractivity contribution in [2.45, 2.75) is 53.4 Å². The van der Waals surface area contributed by atoms with Crippen molar-refractivity contribution in [3.8, 4) is 0 Å². The number of nitrogens with one attached hydrogen (secondary N) is 1. The lowest BCUT2D eigenvalue weighted by molar-refractivity contribution is -0.0377. The lowest BCUT2D eigenvalue weighted by Crippen LogP contribution is -2.21. The highest BCUT2D eigenvalue weighted by Crippen LogP contribution is 2.22. The van der Waals surface area contributed by atoms with Gasteiger partial charge in [0.15, 0.2) is 0 Å². The van der Waals surface area contributed by atoms with Crippen LogP contribution in [0.1, 0.15) is 43.0 Å². The predicted molar refractivity (Wildman–Crippen MR) is 81.8 cm³/mol. The summed E-state index contributed by atoms with van der Waals surface area (Å²) < 4.78 is 11.3. The second kappa shape index (κ2) is 8.00. The largest absolute Gasteiger partial charge is 0.374 e. The first-order valence-electron chi connectivity index (χ1n) is 6.93. The zero-order valence-electron chi connectivity index (χ0n) is 12.8. The molecule has 0 fully saturated rings. The monoisotopic (exact) mass is 285 g/mol. The summed E-state index contributed by atoms with van der Waals surface area (Å²) in [6.45, 7) is 14.4. The van der Waals surface area contributed by atoms with Crippen molar-refractivity contribution >= 4 is 11.3 Å². The molecule has 19 heavy (non-hydrogen) atoms. The van der Waals surface area contributed by atoms with Gasteiger partial charge in [0, 0.05) is 16.3 Å². The summed E-state index contributed by atoms with van der Waals surface area (Å²) in [5.41, 5.74) is 1.22. The number of thiophene rings is 1. The number of hydrogen-bond donors (Lipinski definition) is 1. The molecule has 110 valence electrons. The van der Waals surface area contributed by atoms with Gasteiger partial charge in [-0.3, -0.25) is 0 Å². The standard InChI is InChI=1S/C15H27NO2S/c1-6-16-10-14-9-13(12(2)19-14)11-17-7-8-18-15(3,4)5/h9,16H,6-8,10-11H2,1-5H3. The van der Waals surface area contributed by atoms with Crippen LogP contribution in [0, 0.1) is 6.92 Å². The molecule has 0 aromatic carbocycles. The van der Waals surface area contributed by atoms with Crippen LogP contribution in [0.25, 0.3) is 0 Å². The zero-order chi connectivity index (χ0) is 14.3. The summed E-state index contributed by atoms with van der Waals surface area (Å²) in [5.74, 6) is 0. The SMILES string of the molecule is CCNCc1cc(COCCOC(C)(C)C)c(C)s1. The maximum atomic E-state index is 5.67. The molecule has 0 unspecified atom stereocenters. The van der Waals surface area contributed by atoms with Crippen molar-refractivity contribution in [1.82, 2.24) is 5.32 Å². The summed E-state index contributed by atoms with van der Waals surface area (Å²) in [6, 6.07) is 2.24. The third kappa shape index (κ3) is 7.06. The van der Waals surface area contributed by atoms with Crippen LogP contribution in [-0.2, 0) is 22.6 Å². The maximum Gasteiger partial charge on any atom is 0.0728 e. The van der Waals surface area contributed by atoms with Crippen molar-refractivity contribution < 1.29 is 9.47 Å². The molecule has 0 saturated heterocycles. The van der Waals surface area contributed by atoms with Crippen LogP contribution < -0.4 is 5.32 Å². The Kier molecular flexibility index (Phi) is 7.00. The molecule has 0 atom stereocenters. The fourth-order valence-electron chi connectivity index (χ4n) is 1.66. The molecule has 0 aliphatic carbocycles. The van der Waals surface area contributed by atoms with E-state index in [4.69, 9.17) is 9.47 Å². The van der Waals surface area contributed by atoms with Crippen molar-refractivity contribution in [1.29, 1.82) is 0 Å². The van der Waals surface area contributed by atoms with Gasteiger partial charge in [-0.1, -0.05) is 6.92 Å². The average molecular weight is 285 g/mol. The Morgan fingerprint density at radius 3 is 2.63 bits per heavy atom. The summed E-state index contributed by atoms with van der Waals surface area (Å²) >= 11 is 1.85. The van der Waals surface area contributed by atoms with Gasteiger partial charge in [-0.15, -0.1) is 11.3 Å². The first-order chi connectivity index (χ1) is 8.92. The average Bonchev–Trinajstić information content (AvgIpc) is 2.66. The Balaban J connectivity index is 2.27. The predicted octanol–water partition coefficient (Wildman–Crippen LogP) is 3.50. The lowest BCUT2D eigenvalue weighted by atomic mass is 10.2. The van der Waals surface area contributed by atoms with Crippen molar-refractivity contribution in [2.24, 2.45) is 0 Å². The van der Waals surface area contributed by atoms with Crippen LogP contribution in [0.2, 0.25) is 0 Å². The maximum absolute atomic E-state index is 5.67. The molecular formula is C15H27NO2S. The van der Waals surface area contributed by atoms with Gasteiger partial charge in [0.1, 0.15) is 0 Å². The quantitative estimate of drug-likeness (QED) is 0.742. The van der Waals surface area contributed by atoms with E-state index in [9.17, 15) is 0 Å². The topological polar surface area (TPSA) is 30.5 Å². The van der Waals surface area contributed by atoms with E-state index in [-0.39, 0.29) is 5.60 Å². The molecule has 0 radical (unpaired) electrons. The highest BCUT2D eigenvalue weighted by Gasteiger charge is 2.09. The lowest BCUT2D eigenvalue weighted by Gasteiger charge is -2.19. The zero-order valence-corrected chi connectivity index (χ0v) is 13.7. The molecule has 0 amide bonds. The molecule has 1 heterocycles. The Labute approximate surface area is 121 Å². The minimum absolute atomic E-state index is 0.0827. The van der Waals surface area contributed by atoms with Gasteiger partial charge >= 0.3 is 0 Å². The van der Waals surface area contributed by atoms with Crippen LogP contribution in [0.5, 0.6) is 0 Å². The third-order valence-electron chi connectivity index (χ3n) is 2.64. The van der Waals surface area contributed by atoms with Crippen LogP contribution in [0.3, 0.4) is 0 Å². The molecule has 4 heteroatoms. The molecular weight excluding hydrogens is 258 g/mol. The molecule has 0 aliphatic rings. The number of aryl methyl sites for hydroxylation is 1. The van der Waals surface area contributed by atoms with E-state index < -0.39 is 0 Å². The van der Waals surface area contributed by atoms with Gasteiger partial charge in [-0.05, 0) is 45.9 Å². The molecule has 1 aromatic rings. The third-order valence-corrected chi connectivity index (χ3v) is 3.73. The molecule has 0 spiro atoms. The summed E-state index contributed by atoms with van der Waals surface area (Å²) in [4.78, 5) is 2.73. The molecule has 1 aromatic heterocycles. The van der Waals surface area contributed by atoms with Crippen molar-refractivity contribution in [2.75, 3.05) is 19.8 Å². The highest BCUT2D eigenvalue weighted by atomic mass is 32.1. The van der Waals surface area contributed by atoms with Crippen molar-refractivity contribution in [3.05, 3.63) is 21.4 Å². The van der Waals surface area contributed by atoms with Gasteiger partial charge in [0.2, 0.25) is 0 Å². The minimum atomic E-state index is -0.0827. The highest BCUT2D eigenvalue weighted by molar-refractivity contribution is 7.12. The minimum Gasteiger partial charge on any atom is -0.374 e. The first-order valence-corrected chi connectivity index (χ1v) is 7.74. The number of ether oxygens (including phenoxy) is 2. The van der Waals surface area contributed by atoms with E-state index in [1.807, 2.05) is 11.3 Å². The number of rotatable bonds is 8. The molecule has 0 saturated carbocycles. The van der Waals surface area contributed by atoms with Crippen LogP contribution in [0.15, 0.2) is 6.07 Å². The second-order valence-corrected chi connectivity index (χ2v) is 6.93. The van der Waals surface area contributed by atoms with E-state index in [2.05, 4.69) is 46.0 Å². The van der Waals surface area contributed by atoms with Gasteiger partial charge in [-0.2, -0.15) is 0 Å². The Morgan fingerprint density at radius 2 is 2.00 bits per heavy atom. The fourth-order valence-corrected chi connectivity index (χ4v) is 2.67. The summed E-state index contributed by atoms with van der Waals surface area (Å²) in [7, 11) is 0.